The molecule has 0 aromatic rings. The molecule has 0 aromatic carbocycles. The Morgan fingerprint density at radius 2 is 1.32 bits per heavy atom. The Hall–Kier alpha value is -1.22. The minimum atomic E-state index is -1.34. The quantitative estimate of drug-likeness (QED) is 0.386. The molecular weight excluding hydrogens is 256 g/mol. The minimum absolute atomic E-state index is 0.604. The molecule has 0 unspecified atom stereocenters. The number of esters is 1. The highest BCUT2D eigenvalue weighted by atomic mass is 16.5. The number of ether oxygens (including phenoxy) is 1. The Balaban J connectivity index is 0. The first-order valence-corrected chi connectivity index (χ1v) is 5.51. The van der Waals surface area contributed by atoms with E-state index in [1.54, 1.807) is 0 Å². The van der Waals surface area contributed by atoms with Gasteiger partial charge in [-0.15, -0.1) is 0 Å². The van der Waals surface area contributed by atoms with Crippen molar-refractivity contribution in [3.63, 3.8) is 0 Å². The van der Waals surface area contributed by atoms with Crippen LogP contribution in [-0.4, -0.2) is 57.7 Å². The van der Waals surface area contributed by atoms with Crippen LogP contribution in [0.25, 0.3) is 0 Å². The Morgan fingerprint density at radius 1 is 1.00 bits per heavy atom. The molecule has 19 heavy (non-hydrogen) atoms. The van der Waals surface area contributed by atoms with Crippen LogP contribution in [0.15, 0.2) is 0 Å². The second-order valence-corrected chi connectivity index (χ2v) is 5.12. The normalized spacial score (nSPS) is 14.8. The van der Waals surface area contributed by atoms with Gasteiger partial charge in [-0.3, -0.25) is 9.59 Å². The molecule has 0 aliphatic heterocycles. The summed E-state index contributed by atoms with van der Waals surface area (Å²) in [6.07, 6.45) is 0. The zero-order chi connectivity index (χ0) is 16.0. The van der Waals surface area contributed by atoms with Crippen LogP contribution in [0.3, 0.4) is 0 Å². The molecule has 0 aliphatic rings. The molecule has 0 saturated heterocycles. The molecule has 0 radical (unpaired) electrons. The SMILES string of the molecule is CC(C)(O)[C@H](N)C(=O)O.COC(=O)[C@@H](N)C(C)(C)O. The third-order valence-corrected chi connectivity index (χ3v) is 2.24. The number of carbonyl (C=O) groups is 2. The van der Waals surface area contributed by atoms with Gasteiger partial charge in [0.1, 0.15) is 12.1 Å². The molecule has 0 heterocycles. The summed E-state index contributed by atoms with van der Waals surface area (Å²) in [5.41, 5.74) is 7.77. The van der Waals surface area contributed by atoms with Crippen LogP contribution >= 0.6 is 0 Å². The number of methoxy groups -OCH3 is 1. The van der Waals surface area contributed by atoms with Gasteiger partial charge in [0, 0.05) is 0 Å². The minimum Gasteiger partial charge on any atom is -0.480 e. The maximum atomic E-state index is 10.7. The first kappa shape index (κ1) is 20.1. The van der Waals surface area contributed by atoms with Gasteiger partial charge in [0.05, 0.1) is 18.3 Å². The molecule has 0 bridgehead atoms. The maximum absolute atomic E-state index is 10.7. The monoisotopic (exact) mass is 280 g/mol. The van der Waals surface area contributed by atoms with Crippen LogP contribution in [0.2, 0.25) is 0 Å². The van der Waals surface area contributed by atoms with Gasteiger partial charge in [-0.05, 0) is 27.7 Å². The predicted octanol–water partition coefficient (Wildman–Crippen LogP) is -1.57. The summed E-state index contributed by atoms with van der Waals surface area (Å²) in [7, 11) is 1.23. The van der Waals surface area contributed by atoms with Crippen molar-refractivity contribution in [1.82, 2.24) is 0 Å². The van der Waals surface area contributed by atoms with Crippen molar-refractivity contribution in [3.8, 4) is 0 Å². The number of hydrogen-bond donors (Lipinski definition) is 5. The van der Waals surface area contributed by atoms with Gasteiger partial charge >= 0.3 is 11.9 Å². The van der Waals surface area contributed by atoms with Crippen LogP contribution in [-0.2, 0) is 14.3 Å². The lowest BCUT2D eigenvalue weighted by atomic mass is 10.0. The third-order valence-electron chi connectivity index (χ3n) is 2.24. The van der Waals surface area contributed by atoms with Gasteiger partial charge in [-0.25, -0.2) is 0 Å². The van der Waals surface area contributed by atoms with Gasteiger partial charge in [-0.2, -0.15) is 0 Å². The largest absolute Gasteiger partial charge is 0.480 e. The second kappa shape index (κ2) is 7.39. The summed E-state index contributed by atoms with van der Waals surface area (Å²) in [5, 5.41) is 26.3. The Morgan fingerprint density at radius 3 is 1.37 bits per heavy atom. The van der Waals surface area contributed by atoms with Crippen molar-refractivity contribution in [3.05, 3.63) is 0 Å². The van der Waals surface area contributed by atoms with Gasteiger partial charge in [0.25, 0.3) is 0 Å². The molecule has 0 amide bonds. The highest BCUT2D eigenvalue weighted by Crippen LogP contribution is 2.06. The van der Waals surface area contributed by atoms with Crippen LogP contribution in [0.4, 0.5) is 0 Å². The number of carbonyl (C=O) groups excluding carboxylic acids is 1. The standard InChI is InChI=1S/C6H13NO3.C5H11NO3/c1-6(2,9)4(7)5(8)10-3;1-5(2,9)3(6)4(7)8/h4,9H,7H2,1-3H3;3,9H,6H2,1-2H3,(H,7,8)/t4-;3-/m11/s1. The van der Waals surface area contributed by atoms with E-state index in [1.807, 2.05) is 0 Å². The fourth-order valence-corrected chi connectivity index (χ4v) is 0.718. The molecule has 8 nitrogen and oxygen atoms in total. The maximum Gasteiger partial charge on any atom is 0.325 e. The van der Waals surface area contributed by atoms with E-state index in [0.29, 0.717) is 0 Å². The third kappa shape index (κ3) is 8.49. The number of aliphatic hydroxyl groups is 2. The highest BCUT2D eigenvalue weighted by molar-refractivity contribution is 5.76. The van der Waals surface area contributed by atoms with Gasteiger partial charge < -0.3 is 31.5 Å². The number of aliphatic carboxylic acids is 1. The topological polar surface area (TPSA) is 156 Å². The zero-order valence-electron chi connectivity index (χ0n) is 11.9. The van der Waals surface area contributed by atoms with E-state index in [2.05, 4.69) is 4.74 Å². The summed E-state index contributed by atoms with van der Waals surface area (Å²) < 4.78 is 4.31. The van der Waals surface area contributed by atoms with E-state index in [-0.39, 0.29) is 0 Å². The average Bonchev–Trinajstić information content (AvgIpc) is 2.24. The van der Waals surface area contributed by atoms with E-state index in [4.69, 9.17) is 26.8 Å². The lowest BCUT2D eigenvalue weighted by Gasteiger charge is -2.22. The number of carboxylic acid groups (broad SMARTS) is 1. The van der Waals surface area contributed by atoms with Crippen LogP contribution in [0, 0.1) is 0 Å². The van der Waals surface area contributed by atoms with E-state index >= 15 is 0 Å². The zero-order valence-corrected chi connectivity index (χ0v) is 11.9. The molecule has 0 rings (SSSR count). The van der Waals surface area contributed by atoms with Crippen molar-refractivity contribution < 1.29 is 29.6 Å². The molecule has 2 atom stereocenters. The van der Waals surface area contributed by atoms with Crippen molar-refractivity contribution in [2.75, 3.05) is 7.11 Å². The smallest absolute Gasteiger partial charge is 0.325 e. The van der Waals surface area contributed by atoms with Crippen LogP contribution in [0.5, 0.6) is 0 Å². The molecule has 0 aromatic heterocycles. The number of nitrogens with two attached hydrogens (primary N) is 2. The number of carboxylic acids is 1. The molecule has 8 heteroatoms. The van der Waals surface area contributed by atoms with Gasteiger partial charge in [0.2, 0.25) is 0 Å². The van der Waals surface area contributed by atoms with Crippen molar-refractivity contribution in [1.29, 1.82) is 0 Å². The molecule has 114 valence electrons. The summed E-state index contributed by atoms with van der Waals surface area (Å²) >= 11 is 0. The fraction of sp³-hybridized carbons (Fsp3) is 0.818. The predicted molar refractivity (Wildman–Crippen MR) is 68.2 cm³/mol. The van der Waals surface area contributed by atoms with E-state index < -0.39 is 35.2 Å². The molecule has 0 saturated carbocycles. The van der Waals surface area contributed by atoms with E-state index in [9.17, 15) is 9.59 Å². The second-order valence-electron chi connectivity index (χ2n) is 5.12. The fourth-order valence-electron chi connectivity index (χ4n) is 0.718. The average molecular weight is 280 g/mol. The lowest BCUT2D eigenvalue weighted by Crippen LogP contribution is -2.49. The van der Waals surface area contributed by atoms with Crippen molar-refractivity contribution in [2.24, 2.45) is 11.5 Å². The molecule has 0 fully saturated rings. The number of rotatable bonds is 4. The van der Waals surface area contributed by atoms with Gasteiger partial charge in [-0.1, -0.05) is 0 Å². The molecule has 0 aliphatic carbocycles. The van der Waals surface area contributed by atoms with Crippen LogP contribution in [0.1, 0.15) is 27.7 Å². The summed E-state index contributed by atoms with van der Waals surface area (Å²) in [4.78, 5) is 20.7. The van der Waals surface area contributed by atoms with Crippen molar-refractivity contribution in [2.45, 2.75) is 51.0 Å². The summed E-state index contributed by atoms with van der Waals surface area (Å²) in [6, 6.07) is -2.19. The van der Waals surface area contributed by atoms with Crippen molar-refractivity contribution >= 4 is 11.9 Å². The Labute approximate surface area is 112 Å². The lowest BCUT2D eigenvalue weighted by molar-refractivity contribution is -0.147. The van der Waals surface area contributed by atoms with E-state index in [0.717, 1.165) is 0 Å². The Kier molecular flexibility index (Phi) is 7.82. The summed E-state index contributed by atoms with van der Waals surface area (Å²) in [5.74, 6) is -1.80. The van der Waals surface area contributed by atoms with E-state index in [1.165, 1.54) is 34.8 Å². The van der Waals surface area contributed by atoms with Gasteiger partial charge in [0.15, 0.2) is 0 Å². The Bertz CT molecular complexity index is 305. The molecular formula is C11H24N2O6. The van der Waals surface area contributed by atoms with Crippen LogP contribution < -0.4 is 11.5 Å². The molecule has 0 spiro atoms. The highest BCUT2D eigenvalue weighted by Gasteiger charge is 2.30. The first-order chi connectivity index (χ1) is 8.25. The number of hydrogen-bond acceptors (Lipinski definition) is 7. The summed E-state index contributed by atoms with van der Waals surface area (Å²) in [6.45, 7) is 5.61. The molecule has 7 N–H and O–H groups in total. The first-order valence-electron chi connectivity index (χ1n) is 5.51.